The summed E-state index contributed by atoms with van der Waals surface area (Å²) in [5.41, 5.74) is 1.69. The molecule has 0 amide bonds. The van der Waals surface area contributed by atoms with Crippen LogP contribution in [-0.2, 0) is 4.79 Å². The van der Waals surface area contributed by atoms with Crippen LogP contribution in [0.2, 0.25) is 5.02 Å². The molecular weight excluding hydrogens is 309 g/mol. The Morgan fingerprint density at radius 1 is 1.32 bits per heavy atom. The summed E-state index contributed by atoms with van der Waals surface area (Å²) in [6.45, 7) is 3.06. The summed E-state index contributed by atoms with van der Waals surface area (Å²) < 4.78 is 24.6. The fourth-order valence-electron chi connectivity index (χ4n) is 2.18. The van der Waals surface area contributed by atoms with Crippen LogP contribution >= 0.6 is 11.6 Å². The van der Waals surface area contributed by atoms with Crippen molar-refractivity contribution in [2.45, 2.75) is 13.8 Å². The van der Waals surface area contributed by atoms with Gasteiger partial charge in [-0.05, 0) is 31.2 Å². The van der Waals surface area contributed by atoms with Crippen molar-refractivity contribution in [2.75, 3.05) is 0 Å². The molecule has 0 N–H and O–H groups in total. The van der Waals surface area contributed by atoms with E-state index in [4.69, 9.17) is 20.8 Å². The fourth-order valence-corrected chi connectivity index (χ4v) is 2.42. The molecule has 0 aliphatic carbocycles. The lowest BCUT2D eigenvalue weighted by Gasteiger charge is -2.04. The Bertz CT molecular complexity index is 868. The standard InChI is InChI=1S/C16H11ClFNO3/c1-8-12(21-9(2)20)6-7-13-15(8)19-16(22-13)14-10(17)4-3-5-11(14)18/h3-7H,1-2H3. The second-order valence-corrected chi connectivity index (χ2v) is 5.15. The topological polar surface area (TPSA) is 52.3 Å². The van der Waals surface area contributed by atoms with E-state index in [-0.39, 0.29) is 16.5 Å². The molecule has 6 heteroatoms. The summed E-state index contributed by atoms with van der Waals surface area (Å²) in [7, 11) is 0. The Morgan fingerprint density at radius 3 is 2.77 bits per heavy atom. The molecule has 0 aliphatic heterocycles. The summed E-state index contributed by atoms with van der Waals surface area (Å²) in [4.78, 5) is 15.4. The average molecular weight is 320 g/mol. The van der Waals surface area contributed by atoms with Gasteiger partial charge < -0.3 is 9.15 Å². The first-order valence-electron chi connectivity index (χ1n) is 6.50. The van der Waals surface area contributed by atoms with Crippen molar-refractivity contribution in [1.29, 1.82) is 0 Å². The molecule has 3 aromatic rings. The third-order valence-corrected chi connectivity index (χ3v) is 3.51. The van der Waals surface area contributed by atoms with Gasteiger partial charge in [0.2, 0.25) is 5.89 Å². The zero-order valence-corrected chi connectivity index (χ0v) is 12.6. The van der Waals surface area contributed by atoms with E-state index in [2.05, 4.69) is 4.98 Å². The molecule has 22 heavy (non-hydrogen) atoms. The van der Waals surface area contributed by atoms with E-state index in [1.807, 2.05) is 0 Å². The summed E-state index contributed by atoms with van der Waals surface area (Å²) in [5, 5.41) is 0.212. The molecular formula is C16H11ClFNO3. The fraction of sp³-hybridized carbons (Fsp3) is 0.125. The van der Waals surface area contributed by atoms with Crippen molar-refractivity contribution < 1.29 is 18.3 Å². The number of carbonyl (C=O) groups excluding carboxylic acids is 1. The molecule has 0 unspecified atom stereocenters. The molecule has 1 aromatic heterocycles. The number of benzene rings is 2. The van der Waals surface area contributed by atoms with Gasteiger partial charge in [0.15, 0.2) is 5.58 Å². The van der Waals surface area contributed by atoms with Gasteiger partial charge in [-0.1, -0.05) is 17.7 Å². The lowest BCUT2D eigenvalue weighted by molar-refractivity contribution is -0.131. The first-order valence-corrected chi connectivity index (χ1v) is 6.88. The molecule has 0 spiro atoms. The molecule has 112 valence electrons. The number of aryl methyl sites for hydroxylation is 1. The summed E-state index contributed by atoms with van der Waals surface area (Å²) in [6.07, 6.45) is 0. The number of esters is 1. The van der Waals surface area contributed by atoms with Crippen LogP contribution in [0.3, 0.4) is 0 Å². The summed E-state index contributed by atoms with van der Waals surface area (Å²) >= 11 is 6.02. The van der Waals surface area contributed by atoms with Crippen LogP contribution in [0.5, 0.6) is 5.75 Å². The normalized spacial score (nSPS) is 10.9. The number of aromatic nitrogens is 1. The number of fused-ring (bicyclic) bond motifs is 1. The molecule has 0 fully saturated rings. The van der Waals surface area contributed by atoms with Crippen molar-refractivity contribution in [3.8, 4) is 17.2 Å². The highest BCUT2D eigenvalue weighted by molar-refractivity contribution is 6.33. The maximum atomic E-state index is 14.0. The van der Waals surface area contributed by atoms with Crippen LogP contribution in [0.15, 0.2) is 34.7 Å². The maximum Gasteiger partial charge on any atom is 0.308 e. The molecule has 0 aliphatic rings. The number of oxazole rings is 1. The first-order chi connectivity index (χ1) is 10.5. The van der Waals surface area contributed by atoms with Gasteiger partial charge in [-0.2, -0.15) is 0 Å². The van der Waals surface area contributed by atoms with Crippen molar-refractivity contribution in [3.63, 3.8) is 0 Å². The number of carbonyl (C=O) groups is 1. The van der Waals surface area contributed by atoms with Crippen molar-refractivity contribution in [2.24, 2.45) is 0 Å². The molecule has 4 nitrogen and oxygen atoms in total. The quantitative estimate of drug-likeness (QED) is 0.514. The third-order valence-electron chi connectivity index (χ3n) is 3.19. The van der Waals surface area contributed by atoms with E-state index in [0.29, 0.717) is 22.4 Å². The number of hydrogen-bond donors (Lipinski definition) is 0. The monoisotopic (exact) mass is 319 g/mol. The van der Waals surface area contributed by atoms with Crippen LogP contribution in [0.25, 0.3) is 22.6 Å². The second-order valence-electron chi connectivity index (χ2n) is 4.74. The molecule has 2 aromatic carbocycles. The maximum absolute atomic E-state index is 14.0. The summed E-state index contributed by atoms with van der Waals surface area (Å²) in [6, 6.07) is 7.58. The Balaban J connectivity index is 2.18. The number of ether oxygens (including phenoxy) is 1. The van der Waals surface area contributed by atoms with Crippen LogP contribution < -0.4 is 4.74 Å². The minimum atomic E-state index is -0.517. The van der Waals surface area contributed by atoms with Crippen molar-refractivity contribution in [3.05, 3.63) is 46.7 Å². The van der Waals surface area contributed by atoms with E-state index >= 15 is 0 Å². The lowest BCUT2D eigenvalue weighted by Crippen LogP contribution is -2.02. The third kappa shape index (κ3) is 2.44. The second kappa shape index (κ2) is 5.42. The van der Waals surface area contributed by atoms with Crippen LogP contribution in [-0.4, -0.2) is 11.0 Å². The molecule has 1 heterocycles. The van der Waals surface area contributed by atoms with Gasteiger partial charge in [0.1, 0.15) is 17.1 Å². The van der Waals surface area contributed by atoms with Gasteiger partial charge in [0.25, 0.3) is 0 Å². The molecule has 0 atom stereocenters. The Kier molecular flexibility index (Phi) is 3.58. The van der Waals surface area contributed by atoms with Gasteiger partial charge >= 0.3 is 5.97 Å². The molecule has 3 rings (SSSR count). The molecule has 0 bridgehead atoms. The molecule has 0 radical (unpaired) electrons. The molecule has 0 saturated heterocycles. The Labute approximate surface area is 130 Å². The van der Waals surface area contributed by atoms with E-state index in [0.717, 1.165) is 0 Å². The largest absolute Gasteiger partial charge is 0.436 e. The van der Waals surface area contributed by atoms with E-state index in [1.54, 1.807) is 25.1 Å². The zero-order valence-electron chi connectivity index (χ0n) is 11.8. The summed E-state index contributed by atoms with van der Waals surface area (Å²) in [5.74, 6) is -0.471. The van der Waals surface area contributed by atoms with Gasteiger partial charge in [-0.15, -0.1) is 0 Å². The van der Waals surface area contributed by atoms with E-state index in [9.17, 15) is 9.18 Å². The van der Waals surface area contributed by atoms with E-state index in [1.165, 1.54) is 19.1 Å². The SMILES string of the molecule is CC(=O)Oc1ccc2oc(-c3c(F)cccc3Cl)nc2c1C. The van der Waals surface area contributed by atoms with Crippen molar-refractivity contribution in [1.82, 2.24) is 4.98 Å². The van der Waals surface area contributed by atoms with Crippen LogP contribution in [0, 0.1) is 12.7 Å². The van der Waals surface area contributed by atoms with Gasteiger partial charge in [-0.25, -0.2) is 9.37 Å². The van der Waals surface area contributed by atoms with Gasteiger partial charge in [0, 0.05) is 12.5 Å². The minimum absolute atomic E-state index is 0.0844. The zero-order chi connectivity index (χ0) is 15.9. The van der Waals surface area contributed by atoms with Gasteiger partial charge in [0.05, 0.1) is 10.6 Å². The smallest absolute Gasteiger partial charge is 0.308 e. The van der Waals surface area contributed by atoms with Crippen molar-refractivity contribution >= 4 is 28.7 Å². The predicted octanol–water partition coefficient (Wildman–Crippen LogP) is 4.52. The van der Waals surface area contributed by atoms with E-state index < -0.39 is 11.8 Å². The highest BCUT2D eigenvalue weighted by atomic mass is 35.5. The van der Waals surface area contributed by atoms with Crippen LogP contribution in [0.4, 0.5) is 4.39 Å². The first kappa shape index (κ1) is 14.5. The number of nitrogens with zero attached hydrogens (tertiary/aromatic N) is 1. The number of rotatable bonds is 2. The van der Waals surface area contributed by atoms with Crippen LogP contribution in [0.1, 0.15) is 12.5 Å². The number of hydrogen-bond acceptors (Lipinski definition) is 4. The minimum Gasteiger partial charge on any atom is -0.436 e. The molecule has 0 saturated carbocycles. The van der Waals surface area contributed by atoms with Gasteiger partial charge in [-0.3, -0.25) is 4.79 Å². The lowest BCUT2D eigenvalue weighted by atomic mass is 10.2. The Morgan fingerprint density at radius 2 is 2.09 bits per heavy atom. The predicted molar refractivity (Wildman–Crippen MR) is 80.5 cm³/mol. The Hall–Kier alpha value is -2.40. The average Bonchev–Trinajstić information content (AvgIpc) is 2.86. The number of halogens is 2. The highest BCUT2D eigenvalue weighted by Crippen LogP contribution is 2.35. The highest BCUT2D eigenvalue weighted by Gasteiger charge is 2.18.